The number of rotatable bonds is 2. The number of benzene rings is 2. The van der Waals surface area contributed by atoms with Gasteiger partial charge in [-0.2, -0.15) is 0 Å². The van der Waals surface area contributed by atoms with Crippen molar-refractivity contribution >= 4 is 11.4 Å². The maximum absolute atomic E-state index is 13.5. The molecule has 0 fully saturated rings. The van der Waals surface area contributed by atoms with E-state index in [4.69, 9.17) is 10.5 Å². The predicted molar refractivity (Wildman–Crippen MR) is 73.8 cm³/mol. The zero-order valence-corrected chi connectivity index (χ0v) is 10.5. The lowest BCUT2D eigenvalue weighted by Crippen LogP contribution is -2.32. The molecule has 0 saturated carbocycles. The maximum Gasteiger partial charge on any atom is 0.146 e. The lowest BCUT2D eigenvalue weighted by atomic mass is 10.1. The van der Waals surface area contributed by atoms with Gasteiger partial charge in [-0.15, -0.1) is 0 Å². The summed E-state index contributed by atoms with van der Waals surface area (Å²) in [6.07, 6.45) is 0. The van der Waals surface area contributed by atoms with Crippen LogP contribution in [-0.4, -0.2) is 13.2 Å². The molecule has 3 rings (SSSR count). The number of nitrogens with zero attached hydrogens (tertiary/aromatic N) is 1. The number of fused-ring (bicyclic) bond motifs is 1. The van der Waals surface area contributed by atoms with Crippen LogP contribution in [0, 0.1) is 5.82 Å². The number of halogens is 1. The van der Waals surface area contributed by atoms with Gasteiger partial charge >= 0.3 is 0 Å². The highest BCUT2D eigenvalue weighted by molar-refractivity contribution is 5.60. The Hall–Kier alpha value is -2.23. The second-order valence-corrected chi connectivity index (χ2v) is 4.59. The van der Waals surface area contributed by atoms with E-state index in [9.17, 15) is 4.39 Å². The average molecular weight is 258 g/mol. The summed E-state index contributed by atoms with van der Waals surface area (Å²) in [5, 5.41) is 0. The molecule has 1 aliphatic rings. The van der Waals surface area contributed by atoms with Crippen molar-refractivity contribution in [3.05, 3.63) is 53.8 Å². The van der Waals surface area contributed by atoms with E-state index in [1.165, 1.54) is 6.07 Å². The van der Waals surface area contributed by atoms with Crippen LogP contribution in [0.5, 0.6) is 5.75 Å². The number of para-hydroxylation sites is 2. The van der Waals surface area contributed by atoms with Crippen molar-refractivity contribution in [1.29, 1.82) is 0 Å². The summed E-state index contributed by atoms with van der Waals surface area (Å²) in [7, 11) is 0. The van der Waals surface area contributed by atoms with Gasteiger partial charge in [-0.05, 0) is 29.8 Å². The maximum atomic E-state index is 13.5. The van der Waals surface area contributed by atoms with Crippen LogP contribution in [0.4, 0.5) is 15.8 Å². The van der Waals surface area contributed by atoms with Gasteiger partial charge in [0.2, 0.25) is 0 Å². The minimum absolute atomic E-state index is 0.186. The van der Waals surface area contributed by atoms with Gasteiger partial charge in [-0.1, -0.05) is 18.2 Å². The Morgan fingerprint density at radius 3 is 2.89 bits per heavy atom. The van der Waals surface area contributed by atoms with Crippen molar-refractivity contribution in [3.8, 4) is 5.75 Å². The molecule has 4 heteroatoms. The molecule has 98 valence electrons. The fraction of sp³-hybridized carbons (Fsp3) is 0.200. The molecule has 1 aliphatic heterocycles. The third-order valence-corrected chi connectivity index (χ3v) is 3.26. The molecule has 3 nitrogen and oxygen atoms in total. The van der Waals surface area contributed by atoms with Crippen molar-refractivity contribution in [2.75, 3.05) is 23.8 Å². The van der Waals surface area contributed by atoms with Gasteiger partial charge in [0.25, 0.3) is 0 Å². The normalized spacial score (nSPS) is 13.8. The number of hydrogen-bond acceptors (Lipinski definition) is 3. The van der Waals surface area contributed by atoms with E-state index in [1.54, 1.807) is 6.07 Å². The molecule has 0 saturated heterocycles. The number of anilines is 2. The Balaban J connectivity index is 1.86. The van der Waals surface area contributed by atoms with Gasteiger partial charge in [0, 0.05) is 6.54 Å². The molecule has 0 atom stereocenters. The second kappa shape index (κ2) is 4.80. The largest absolute Gasteiger partial charge is 0.490 e. The van der Waals surface area contributed by atoms with Crippen LogP contribution in [0.1, 0.15) is 5.56 Å². The summed E-state index contributed by atoms with van der Waals surface area (Å²) >= 11 is 0. The number of nitrogens with two attached hydrogens (primary N) is 1. The molecule has 2 aromatic rings. The van der Waals surface area contributed by atoms with Crippen molar-refractivity contribution in [2.45, 2.75) is 6.54 Å². The molecular weight excluding hydrogens is 243 g/mol. The number of ether oxygens (including phenoxy) is 1. The second-order valence-electron chi connectivity index (χ2n) is 4.59. The van der Waals surface area contributed by atoms with Gasteiger partial charge in [0.15, 0.2) is 0 Å². The smallest absolute Gasteiger partial charge is 0.146 e. The van der Waals surface area contributed by atoms with Gasteiger partial charge in [0.05, 0.1) is 17.9 Å². The lowest BCUT2D eigenvalue weighted by molar-refractivity contribution is 0.307. The van der Waals surface area contributed by atoms with Gasteiger partial charge < -0.3 is 15.4 Å². The van der Waals surface area contributed by atoms with Crippen LogP contribution in [0.3, 0.4) is 0 Å². The van der Waals surface area contributed by atoms with Crippen LogP contribution in [-0.2, 0) is 6.54 Å². The summed E-state index contributed by atoms with van der Waals surface area (Å²) < 4.78 is 19.1. The average Bonchev–Trinajstić information content (AvgIpc) is 2.43. The van der Waals surface area contributed by atoms with E-state index >= 15 is 0 Å². The third kappa shape index (κ3) is 2.34. The monoisotopic (exact) mass is 258 g/mol. The zero-order valence-electron chi connectivity index (χ0n) is 10.5. The molecule has 0 aliphatic carbocycles. The minimum atomic E-state index is -0.362. The van der Waals surface area contributed by atoms with Gasteiger partial charge in [0.1, 0.15) is 18.2 Å². The highest BCUT2D eigenvalue weighted by Gasteiger charge is 2.17. The van der Waals surface area contributed by atoms with Crippen LogP contribution >= 0.6 is 0 Å². The van der Waals surface area contributed by atoms with E-state index in [2.05, 4.69) is 4.90 Å². The molecule has 0 spiro atoms. The van der Waals surface area contributed by atoms with Crippen LogP contribution in [0.15, 0.2) is 42.5 Å². The molecule has 19 heavy (non-hydrogen) atoms. The summed E-state index contributed by atoms with van der Waals surface area (Å²) in [4.78, 5) is 2.18. The highest BCUT2D eigenvalue weighted by atomic mass is 19.1. The first-order valence-corrected chi connectivity index (χ1v) is 6.25. The van der Waals surface area contributed by atoms with E-state index < -0.39 is 0 Å². The standard InChI is InChI=1S/C15H15FN2O/c16-12-9-11(5-6-13(12)17)10-18-7-8-19-15-4-2-1-3-14(15)18/h1-6,9H,7-8,10,17H2. The van der Waals surface area contributed by atoms with E-state index in [1.807, 2.05) is 30.3 Å². The van der Waals surface area contributed by atoms with Gasteiger partial charge in [-0.3, -0.25) is 0 Å². The molecule has 2 N–H and O–H groups in total. The van der Waals surface area contributed by atoms with Crippen LogP contribution in [0.2, 0.25) is 0 Å². The fourth-order valence-corrected chi connectivity index (χ4v) is 2.28. The molecule has 0 amide bonds. The van der Waals surface area contributed by atoms with Crippen LogP contribution < -0.4 is 15.4 Å². The Bertz CT molecular complexity index is 600. The lowest BCUT2D eigenvalue weighted by Gasteiger charge is -2.31. The predicted octanol–water partition coefficient (Wildman–Crippen LogP) is 2.81. The first-order chi connectivity index (χ1) is 9.24. The molecule has 1 heterocycles. The number of hydrogen-bond donors (Lipinski definition) is 1. The SMILES string of the molecule is Nc1ccc(CN2CCOc3ccccc32)cc1F. The zero-order chi connectivity index (χ0) is 13.2. The summed E-state index contributed by atoms with van der Waals surface area (Å²) in [6, 6.07) is 12.9. The molecule has 0 unspecified atom stereocenters. The molecule has 2 aromatic carbocycles. The fourth-order valence-electron chi connectivity index (χ4n) is 2.28. The summed E-state index contributed by atoms with van der Waals surface area (Å²) in [5.74, 6) is 0.517. The minimum Gasteiger partial charge on any atom is -0.490 e. The highest BCUT2D eigenvalue weighted by Crippen LogP contribution is 2.32. The van der Waals surface area contributed by atoms with Crippen molar-refractivity contribution in [3.63, 3.8) is 0 Å². The van der Waals surface area contributed by atoms with Crippen molar-refractivity contribution in [2.24, 2.45) is 0 Å². The van der Waals surface area contributed by atoms with E-state index in [0.29, 0.717) is 13.2 Å². The Morgan fingerprint density at radius 1 is 1.21 bits per heavy atom. The topological polar surface area (TPSA) is 38.5 Å². The molecule has 0 aromatic heterocycles. The Kier molecular flexibility index (Phi) is 2.99. The van der Waals surface area contributed by atoms with Crippen molar-refractivity contribution < 1.29 is 9.13 Å². The van der Waals surface area contributed by atoms with Crippen LogP contribution in [0.25, 0.3) is 0 Å². The Labute approximate surface area is 111 Å². The third-order valence-electron chi connectivity index (χ3n) is 3.26. The number of nitrogen functional groups attached to an aromatic ring is 1. The quantitative estimate of drug-likeness (QED) is 0.842. The molecule has 0 radical (unpaired) electrons. The Morgan fingerprint density at radius 2 is 2.05 bits per heavy atom. The summed E-state index contributed by atoms with van der Waals surface area (Å²) in [6.45, 7) is 2.09. The van der Waals surface area contributed by atoms with Gasteiger partial charge in [-0.25, -0.2) is 4.39 Å². The van der Waals surface area contributed by atoms with E-state index in [0.717, 1.165) is 23.5 Å². The molecule has 0 bridgehead atoms. The van der Waals surface area contributed by atoms with Crippen molar-refractivity contribution in [1.82, 2.24) is 0 Å². The van der Waals surface area contributed by atoms with E-state index in [-0.39, 0.29) is 11.5 Å². The first-order valence-electron chi connectivity index (χ1n) is 6.25. The first kappa shape index (κ1) is 11.8. The summed E-state index contributed by atoms with van der Waals surface area (Å²) in [5.41, 5.74) is 7.63. The molecular formula is C15H15FN2O.